The number of nitrogens with zero attached hydrogens (tertiary/aromatic N) is 1. The van der Waals surface area contributed by atoms with Gasteiger partial charge in [0.25, 0.3) is 0 Å². The Hall–Kier alpha value is -0.600. The second-order valence-electron chi connectivity index (χ2n) is 5.54. The number of hydrogen-bond acceptors (Lipinski definition) is 2. The van der Waals surface area contributed by atoms with Gasteiger partial charge in [-0.25, -0.2) is 0 Å². The third kappa shape index (κ3) is 1.43. The van der Waals surface area contributed by atoms with Gasteiger partial charge in [0.05, 0.1) is 0 Å². The van der Waals surface area contributed by atoms with Crippen LogP contribution in [0.1, 0.15) is 39.5 Å². The Morgan fingerprint density at radius 1 is 1.43 bits per heavy atom. The predicted octanol–water partition coefficient (Wildman–Crippen LogP) is 2.73. The molecule has 0 aromatic carbocycles. The summed E-state index contributed by atoms with van der Waals surface area (Å²) in [6, 6.07) is 0. The topological polar surface area (TPSA) is 43.1 Å². The maximum atomic E-state index is 10.3. The smallest absolute Gasteiger partial charge is 0.204 e. The zero-order valence-electron chi connectivity index (χ0n) is 9.03. The lowest BCUT2D eigenvalue weighted by molar-refractivity contribution is -0.482. The summed E-state index contributed by atoms with van der Waals surface area (Å²) in [7, 11) is 0. The van der Waals surface area contributed by atoms with E-state index in [0.29, 0.717) is 11.3 Å². The van der Waals surface area contributed by atoms with E-state index in [4.69, 9.17) is 0 Å². The van der Waals surface area contributed by atoms with Crippen LogP contribution in [0.15, 0.2) is 0 Å². The van der Waals surface area contributed by atoms with Crippen LogP contribution in [0.3, 0.4) is 0 Å². The molecule has 0 N–H and O–H groups in total. The quantitative estimate of drug-likeness (QED) is 0.515. The van der Waals surface area contributed by atoms with Crippen molar-refractivity contribution in [3.63, 3.8) is 0 Å². The van der Waals surface area contributed by atoms with Gasteiger partial charge in [-0.3, -0.25) is 10.1 Å². The Morgan fingerprint density at radius 2 is 2.14 bits per heavy atom. The summed E-state index contributed by atoms with van der Waals surface area (Å²) in [5.74, 6) is 2.29. The Kier molecular flexibility index (Phi) is 2.28. The van der Waals surface area contributed by atoms with Crippen molar-refractivity contribution in [1.29, 1.82) is 0 Å². The van der Waals surface area contributed by atoms with Crippen molar-refractivity contribution < 1.29 is 4.92 Å². The van der Waals surface area contributed by atoms with Crippen molar-refractivity contribution in [1.82, 2.24) is 0 Å². The van der Waals surface area contributed by atoms with Gasteiger partial charge in [-0.1, -0.05) is 13.8 Å². The summed E-state index contributed by atoms with van der Waals surface area (Å²) in [5, 5.41) is 10.3. The van der Waals surface area contributed by atoms with Gasteiger partial charge in [0.15, 0.2) is 0 Å². The van der Waals surface area contributed by atoms with Crippen molar-refractivity contribution in [2.24, 2.45) is 23.2 Å². The van der Waals surface area contributed by atoms with Gasteiger partial charge in [0.1, 0.15) is 0 Å². The maximum absolute atomic E-state index is 10.3. The van der Waals surface area contributed by atoms with E-state index < -0.39 is 0 Å². The molecule has 14 heavy (non-hydrogen) atoms. The molecule has 3 fully saturated rings. The summed E-state index contributed by atoms with van der Waals surface area (Å²) >= 11 is 0. The van der Waals surface area contributed by atoms with E-state index in [0.717, 1.165) is 18.3 Å². The van der Waals surface area contributed by atoms with Crippen LogP contribution in [0.5, 0.6) is 0 Å². The first-order chi connectivity index (χ1) is 6.51. The molecule has 0 aromatic heterocycles. The van der Waals surface area contributed by atoms with Crippen molar-refractivity contribution in [3.05, 3.63) is 10.1 Å². The first-order valence-electron chi connectivity index (χ1n) is 5.63. The van der Waals surface area contributed by atoms with Crippen LogP contribution in [0.2, 0.25) is 0 Å². The molecular formula is C11H19NO2. The van der Waals surface area contributed by atoms with Gasteiger partial charge in [-0.2, -0.15) is 0 Å². The lowest BCUT2D eigenvalue weighted by Gasteiger charge is -2.60. The third-order valence-corrected chi connectivity index (χ3v) is 4.68. The molecule has 3 unspecified atom stereocenters. The highest BCUT2D eigenvalue weighted by atomic mass is 16.6. The van der Waals surface area contributed by atoms with Crippen molar-refractivity contribution >= 4 is 0 Å². The first-order valence-corrected chi connectivity index (χ1v) is 5.63. The first kappa shape index (κ1) is 9.94. The molecule has 3 aliphatic rings. The molecule has 3 aliphatic carbocycles. The van der Waals surface area contributed by atoms with E-state index in [1.807, 2.05) is 0 Å². The van der Waals surface area contributed by atoms with Crippen molar-refractivity contribution in [2.45, 2.75) is 39.5 Å². The van der Waals surface area contributed by atoms with Crippen LogP contribution in [-0.4, -0.2) is 11.5 Å². The molecule has 80 valence electrons. The van der Waals surface area contributed by atoms with Gasteiger partial charge in [0, 0.05) is 11.3 Å². The number of rotatable bonds is 3. The molecule has 3 saturated carbocycles. The molecule has 0 aromatic rings. The number of hydrogen-bond donors (Lipinski definition) is 0. The highest BCUT2D eigenvalue weighted by Gasteiger charge is 2.53. The second-order valence-corrected chi connectivity index (χ2v) is 5.54. The van der Waals surface area contributed by atoms with Crippen LogP contribution in [0.4, 0.5) is 0 Å². The van der Waals surface area contributed by atoms with Gasteiger partial charge < -0.3 is 0 Å². The molecular weight excluding hydrogens is 178 g/mol. The van der Waals surface area contributed by atoms with E-state index in [1.165, 1.54) is 19.3 Å². The molecule has 0 heterocycles. The third-order valence-electron chi connectivity index (χ3n) is 4.68. The minimum absolute atomic E-state index is 0.169. The standard InChI is InChI=1S/C11H19NO2/c1-11(2)9-4-3-8(10(11)7-9)5-6-12(13)14/h8-10H,3-7H2,1-2H3. The molecule has 0 spiro atoms. The van der Waals surface area contributed by atoms with E-state index in [2.05, 4.69) is 13.8 Å². The normalized spacial score (nSPS) is 38.9. The predicted molar refractivity (Wildman–Crippen MR) is 54.6 cm³/mol. The molecule has 0 saturated heterocycles. The Balaban J connectivity index is 1.91. The maximum Gasteiger partial charge on any atom is 0.204 e. The Morgan fingerprint density at radius 3 is 2.64 bits per heavy atom. The summed E-state index contributed by atoms with van der Waals surface area (Å²) < 4.78 is 0. The average Bonchev–Trinajstić information content (AvgIpc) is 2.14. The second kappa shape index (κ2) is 3.21. The monoisotopic (exact) mass is 197 g/mol. The van der Waals surface area contributed by atoms with E-state index in [1.54, 1.807) is 0 Å². The molecule has 0 amide bonds. The van der Waals surface area contributed by atoms with Gasteiger partial charge in [0.2, 0.25) is 6.54 Å². The summed E-state index contributed by atoms with van der Waals surface area (Å²) in [6.45, 7) is 4.84. The lowest BCUT2D eigenvalue weighted by Crippen LogP contribution is -2.52. The van der Waals surface area contributed by atoms with E-state index >= 15 is 0 Å². The molecule has 0 aliphatic heterocycles. The molecule has 3 nitrogen and oxygen atoms in total. The minimum atomic E-state index is -0.169. The average molecular weight is 197 g/mol. The molecule has 3 rings (SSSR count). The van der Waals surface area contributed by atoms with Crippen LogP contribution in [0.25, 0.3) is 0 Å². The van der Waals surface area contributed by atoms with Gasteiger partial charge in [-0.05, 0) is 42.4 Å². The zero-order chi connectivity index (χ0) is 10.3. The fourth-order valence-corrected chi connectivity index (χ4v) is 3.58. The summed E-state index contributed by atoms with van der Waals surface area (Å²) in [5.41, 5.74) is 0.472. The fraction of sp³-hybridized carbons (Fsp3) is 1.00. The largest absolute Gasteiger partial charge is 0.265 e. The zero-order valence-corrected chi connectivity index (χ0v) is 9.03. The van der Waals surface area contributed by atoms with E-state index in [-0.39, 0.29) is 11.5 Å². The van der Waals surface area contributed by atoms with Gasteiger partial charge >= 0.3 is 0 Å². The van der Waals surface area contributed by atoms with Crippen molar-refractivity contribution in [3.8, 4) is 0 Å². The van der Waals surface area contributed by atoms with Crippen LogP contribution in [-0.2, 0) is 0 Å². The number of nitro groups is 1. The number of fused-ring (bicyclic) bond motifs is 2. The van der Waals surface area contributed by atoms with E-state index in [9.17, 15) is 10.1 Å². The lowest BCUT2D eigenvalue weighted by atomic mass is 9.45. The van der Waals surface area contributed by atoms with Crippen LogP contribution >= 0.6 is 0 Å². The van der Waals surface area contributed by atoms with Gasteiger partial charge in [-0.15, -0.1) is 0 Å². The van der Waals surface area contributed by atoms with Crippen molar-refractivity contribution in [2.75, 3.05) is 6.54 Å². The minimum Gasteiger partial charge on any atom is -0.265 e. The SMILES string of the molecule is CC1(C)C2CCC(CC[N+](=O)[O-])C1C2. The highest BCUT2D eigenvalue weighted by molar-refractivity contribution is 5.02. The molecule has 0 radical (unpaired) electrons. The Labute approximate surface area is 85.0 Å². The summed E-state index contributed by atoms with van der Waals surface area (Å²) in [4.78, 5) is 10.2. The Bertz CT molecular complexity index is 248. The molecule has 3 atom stereocenters. The molecule has 3 heteroatoms. The van der Waals surface area contributed by atoms with Crippen LogP contribution in [0, 0.1) is 33.3 Å². The summed E-state index contributed by atoms with van der Waals surface area (Å²) in [6.07, 6.45) is 4.65. The fourth-order valence-electron chi connectivity index (χ4n) is 3.58. The van der Waals surface area contributed by atoms with Crippen LogP contribution < -0.4 is 0 Å². The highest BCUT2D eigenvalue weighted by Crippen LogP contribution is 2.61. The molecule has 2 bridgehead atoms.